The van der Waals surface area contributed by atoms with Gasteiger partial charge >= 0.3 is 0 Å². The molecule has 0 saturated heterocycles. The van der Waals surface area contributed by atoms with E-state index in [0.29, 0.717) is 27.4 Å². The number of halogens is 1. The molecule has 2 aromatic carbocycles. The summed E-state index contributed by atoms with van der Waals surface area (Å²) in [6.45, 7) is 2.04. The van der Waals surface area contributed by atoms with Crippen molar-refractivity contribution in [2.75, 3.05) is 0 Å². The van der Waals surface area contributed by atoms with Gasteiger partial charge in [-0.25, -0.2) is 9.07 Å². The lowest BCUT2D eigenvalue weighted by Crippen LogP contribution is -2.42. The average molecular weight is 410 g/mol. The monoisotopic (exact) mass is 410 g/mol. The Morgan fingerprint density at radius 3 is 2.48 bits per heavy atom. The van der Waals surface area contributed by atoms with Crippen LogP contribution >= 0.6 is 11.3 Å². The van der Waals surface area contributed by atoms with Crippen LogP contribution in [0.4, 0.5) is 4.39 Å². The van der Waals surface area contributed by atoms with E-state index in [1.807, 2.05) is 0 Å². The molecule has 0 aliphatic carbocycles. The summed E-state index contributed by atoms with van der Waals surface area (Å²) in [7, 11) is 0. The van der Waals surface area contributed by atoms with Crippen molar-refractivity contribution in [3.05, 3.63) is 75.3 Å². The number of nitrogens with one attached hydrogen (secondary N) is 2. The number of amides is 2. The van der Waals surface area contributed by atoms with Crippen molar-refractivity contribution >= 4 is 44.0 Å². The van der Waals surface area contributed by atoms with Crippen molar-refractivity contribution in [2.24, 2.45) is 0 Å². The van der Waals surface area contributed by atoms with Crippen molar-refractivity contribution in [2.45, 2.75) is 13.5 Å². The molecule has 9 heteroatoms. The van der Waals surface area contributed by atoms with Crippen LogP contribution in [0.15, 0.2) is 53.3 Å². The maximum Gasteiger partial charge on any atom is 0.290 e. The lowest BCUT2D eigenvalue weighted by atomic mass is 10.1. The highest BCUT2D eigenvalue weighted by atomic mass is 32.1. The zero-order chi connectivity index (χ0) is 20.5. The smallest absolute Gasteiger partial charge is 0.267 e. The van der Waals surface area contributed by atoms with E-state index in [9.17, 15) is 18.8 Å². The van der Waals surface area contributed by atoms with Gasteiger partial charge in [0.1, 0.15) is 5.82 Å². The Morgan fingerprint density at radius 1 is 1.03 bits per heavy atom. The van der Waals surface area contributed by atoms with E-state index in [4.69, 9.17) is 0 Å². The fraction of sp³-hybridized carbons (Fsp3) is 0.100. The molecule has 0 bridgehead atoms. The van der Waals surface area contributed by atoms with Gasteiger partial charge in [0.25, 0.3) is 17.4 Å². The Hall–Kier alpha value is -3.59. The van der Waals surface area contributed by atoms with Crippen LogP contribution < -0.4 is 16.4 Å². The Morgan fingerprint density at radius 2 is 1.76 bits per heavy atom. The Kier molecular flexibility index (Phi) is 4.81. The molecule has 7 nitrogen and oxygen atoms in total. The van der Waals surface area contributed by atoms with E-state index in [1.54, 1.807) is 43.3 Å². The second kappa shape index (κ2) is 7.44. The third-order valence-electron chi connectivity index (χ3n) is 4.40. The van der Waals surface area contributed by atoms with Gasteiger partial charge in [0.05, 0.1) is 10.3 Å². The van der Waals surface area contributed by atoms with Crippen molar-refractivity contribution in [3.63, 3.8) is 0 Å². The van der Waals surface area contributed by atoms with E-state index in [0.717, 1.165) is 11.3 Å². The molecule has 0 radical (unpaired) electrons. The molecular formula is C20H15FN4O3S. The van der Waals surface area contributed by atoms with Crippen LogP contribution in [0.5, 0.6) is 0 Å². The highest BCUT2D eigenvalue weighted by Gasteiger charge is 2.18. The standard InChI is InChI=1S/C20H15FN4O3S/c1-2-25-20(28)12-7-4-3-6-11(12)17(24-25)19(27)23-22-18(26)16-10-13-14(21)8-5-9-15(13)29-16/h3-10H,2H2,1H3,(H,22,26)(H,23,27). The van der Waals surface area contributed by atoms with Gasteiger partial charge in [-0.3, -0.25) is 25.2 Å². The molecule has 2 heterocycles. The number of aromatic nitrogens is 2. The Balaban J connectivity index is 1.59. The molecule has 0 aliphatic heterocycles. The number of fused-ring (bicyclic) bond motifs is 2. The van der Waals surface area contributed by atoms with Gasteiger partial charge in [0.2, 0.25) is 0 Å². The minimum atomic E-state index is -0.663. The maximum absolute atomic E-state index is 13.8. The normalized spacial score (nSPS) is 11.0. The van der Waals surface area contributed by atoms with Crippen LogP contribution in [0.25, 0.3) is 20.9 Å². The fourth-order valence-corrected chi connectivity index (χ4v) is 3.96. The fourth-order valence-electron chi connectivity index (χ4n) is 2.99. The number of rotatable bonds is 3. The molecule has 4 rings (SSSR count). The molecule has 2 amide bonds. The summed E-state index contributed by atoms with van der Waals surface area (Å²) in [5, 5.41) is 5.20. The van der Waals surface area contributed by atoms with Gasteiger partial charge in [0.15, 0.2) is 5.69 Å². The molecule has 2 N–H and O–H groups in total. The number of hydrogen-bond acceptors (Lipinski definition) is 5. The average Bonchev–Trinajstić information content (AvgIpc) is 3.18. The summed E-state index contributed by atoms with van der Waals surface area (Å²) in [5.41, 5.74) is 4.36. The van der Waals surface area contributed by atoms with Gasteiger partial charge in [0, 0.05) is 22.0 Å². The zero-order valence-electron chi connectivity index (χ0n) is 15.2. The van der Waals surface area contributed by atoms with Crippen molar-refractivity contribution in [3.8, 4) is 0 Å². The quantitative estimate of drug-likeness (QED) is 0.508. The minimum Gasteiger partial charge on any atom is -0.267 e. The van der Waals surface area contributed by atoms with Crippen molar-refractivity contribution < 1.29 is 14.0 Å². The molecule has 0 fully saturated rings. The zero-order valence-corrected chi connectivity index (χ0v) is 16.0. The predicted molar refractivity (Wildman–Crippen MR) is 108 cm³/mol. The number of carbonyl (C=O) groups is 2. The molecule has 0 atom stereocenters. The van der Waals surface area contributed by atoms with Crippen molar-refractivity contribution in [1.29, 1.82) is 0 Å². The summed E-state index contributed by atoms with van der Waals surface area (Å²) in [5.74, 6) is -1.66. The molecular weight excluding hydrogens is 395 g/mol. The summed E-state index contributed by atoms with van der Waals surface area (Å²) in [6, 6.07) is 12.7. The van der Waals surface area contributed by atoms with E-state index < -0.39 is 17.6 Å². The van der Waals surface area contributed by atoms with E-state index in [-0.39, 0.29) is 16.1 Å². The lowest BCUT2D eigenvalue weighted by molar-refractivity contribution is 0.0846. The third-order valence-corrected chi connectivity index (χ3v) is 5.50. The summed E-state index contributed by atoms with van der Waals surface area (Å²) >= 11 is 1.11. The Bertz CT molecular complexity index is 1330. The highest BCUT2D eigenvalue weighted by molar-refractivity contribution is 7.20. The summed E-state index contributed by atoms with van der Waals surface area (Å²) in [6.07, 6.45) is 0. The number of aryl methyl sites for hydroxylation is 1. The second-order valence-electron chi connectivity index (χ2n) is 6.19. The van der Waals surface area contributed by atoms with Crippen molar-refractivity contribution in [1.82, 2.24) is 20.6 Å². The molecule has 4 aromatic rings. The molecule has 0 spiro atoms. The van der Waals surface area contributed by atoms with Gasteiger partial charge in [-0.1, -0.05) is 24.3 Å². The molecule has 29 heavy (non-hydrogen) atoms. The number of carbonyl (C=O) groups excluding carboxylic acids is 2. The first-order valence-corrected chi connectivity index (χ1v) is 9.60. The van der Waals surface area contributed by atoms with Crippen LogP contribution in [0.3, 0.4) is 0 Å². The van der Waals surface area contributed by atoms with Gasteiger partial charge < -0.3 is 0 Å². The topological polar surface area (TPSA) is 93.1 Å². The maximum atomic E-state index is 13.8. The van der Waals surface area contributed by atoms with Gasteiger partial charge in [-0.15, -0.1) is 11.3 Å². The molecule has 2 aromatic heterocycles. The number of nitrogens with zero attached hydrogens (tertiary/aromatic N) is 2. The lowest BCUT2D eigenvalue weighted by Gasteiger charge is -2.10. The minimum absolute atomic E-state index is 0.0183. The SMILES string of the molecule is CCn1nc(C(=O)NNC(=O)c2cc3c(F)cccc3s2)c2ccccc2c1=O. The van der Waals surface area contributed by atoms with Crippen LogP contribution in [0.1, 0.15) is 27.1 Å². The molecule has 0 aliphatic rings. The first-order valence-electron chi connectivity index (χ1n) is 8.78. The van der Waals surface area contributed by atoms with Crippen LogP contribution in [-0.4, -0.2) is 21.6 Å². The molecule has 0 unspecified atom stereocenters. The molecule has 0 saturated carbocycles. The van der Waals surface area contributed by atoms with E-state index in [2.05, 4.69) is 16.0 Å². The number of hydrazine groups is 1. The van der Waals surface area contributed by atoms with Crippen LogP contribution in [-0.2, 0) is 6.54 Å². The Labute approximate surface area is 167 Å². The van der Waals surface area contributed by atoms with E-state index in [1.165, 1.54) is 16.8 Å². The highest BCUT2D eigenvalue weighted by Crippen LogP contribution is 2.27. The first kappa shape index (κ1) is 18.8. The van der Waals surface area contributed by atoms with Crippen LogP contribution in [0, 0.1) is 5.82 Å². The predicted octanol–water partition coefficient (Wildman–Crippen LogP) is 2.85. The number of thiophene rings is 1. The number of benzene rings is 2. The van der Waals surface area contributed by atoms with Gasteiger partial charge in [-0.2, -0.15) is 5.10 Å². The van der Waals surface area contributed by atoms with E-state index >= 15 is 0 Å². The first-order chi connectivity index (χ1) is 14.0. The summed E-state index contributed by atoms with van der Waals surface area (Å²) in [4.78, 5) is 37.6. The largest absolute Gasteiger partial charge is 0.290 e. The number of hydrogen-bond donors (Lipinski definition) is 2. The van der Waals surface area contributed by atoms with Gasteiger partial charge in [-0.05, 0) is 31.2 Å². The second-order valence-corrected chi connectivity index (χ2v) is 7.27. The third kappa shape index (κ3) is 3.36. The van der Waals surface area contributed by atoms with Crippen LogP contribution in [0.2, 0.25) is 0 Å². The molecule has 146 valence electrons. The summed E-state index contributed by atoms with van der Waals surface area (Å²) < 4.78 is 15.6.